The lowest BCUT2D eigenvalue weighted by atomic mass is 10.1. The molecule has 0 saturated heterocycles. The van der Waals surface area contributed by atoms with Gasteiger partial charge in [-0.25, -0.2) is 9.79 Å². The summed E-state index contributed by atoms with van der Waals surface area (Å²) in [5.74, 6) is 1.33. The molecule has 0 amide bonds. The summed E-state index contributed by atoms with van der Waals surface area (Å²) in [4.78, 5) is 17.4. The van der Waals surface area contributed by atoms with Gasteiger partial charge in [-0.3, -0.25) is 0 Å². The van der Waals surface area contributed by atoms with Crippen molar-refractivity contribution in [3.8, 4) is 0 Å². The minimum absolute atomic E-state index is 0.340. The molecule has 0 saturated carbocycles. The van der Waals surface area contributed by atoms with Gasteiger partial charge in [-0.05, 0) is 41.3 Å². The van der Waals surface area contributed by atoms with Gasteiger partial charge < -0.3 is 19.8 Å². The molecule has 2 N–H and O–H groups in total. The van der Waals surface area contributed by atoms with Crippen LogP contribution in [0, 0.1) is 0 Å². The van der Waals surface area contributed by atoms with Gasteiger partial charge in [0, 0.05) is 17.8 Å². The molecule has 0 bridgehead atoms. The highest BCUT2D eigenvalue weighted by Crippen LogP contribution is 2.09. The van der Waals surface area contributed by atoms with Crippen LogP contribution in [0.1, 0.15) is 26.6 Å². The molecule has 0 fully saturated rings. The summed E-state index contributed by atoms with van der Waals surface area (Å²) in [6.45, 7) is 1.93. The van der Waals surface area contributed by atoms with Crippen LogP contribution in [0.5, 0.6) is 0 Å². The van der Waals surface area contributed by atoms with Crippen LogP contribution in [0.15, 0.2) is 69.6 Å². The number of esters is 1. The number of methoxy groups -OCH3 is 1. The van der Waals surface area contributed by atoms with Gasteiger partial charge in [0.15, 0.2) is 5.96 Å². The Balaban J connectivity index is 1.59. The number of furan rings is 1. The molecule has 7 heteroatoms. The highest BCUT2D eigenvalue weighted by atomic mass is 32.1. The monoisotopic (exact) mass is 397 g/mol. The molecule has 3 aromatic rings. The Labute approximate surface area is 168 Å². The molecule has 3 rings (SSSR count). The number of thiophene rings is 1. The second kappa shape index (κ2) is 10.3. The summed E-state index contributed by atoms with van der Waals surface area (Å²) in [6.07, 6.45) is 2.46. The zero-order valence-corrected chi connectivity index (χ0v) is 16.5. The summed E-state index contributed by atoms with van der Waals surface area (Å²) >= 11 is 1.70. The Bertz CT molecular complexity index is 872. The lowest BCUT2D eigenvalue weighted by Crippen LogP contribution is -2.37. The van der Waals surface area contributed by atoms with Crippen molar-refractivity contribution < 1.29 is 13.9 Å². The van der Waals surface area contributed by atoms with Crippen molar-refractivity contribution in [1.29, 1.82) is 0 Å². The molecule has 0 atom stereocenters. The van der Waals surface area contributed by atoms with Gasteiger partial charge in [0.05, 0.1) is 32.0 Å². The van der Waals surface area contributed by atoms with Crippen molar-refractivity contribution in [3.05, 3.63) is 81.9 Å². The molecule has 2 aromatic heterocycles. The van der Waals surface area contributed by atoms with Gasteiger partial charge in [-0.2, -0.15) is 0 Å². The van der Waals surface area contributed by atoms with Crippen LogP contribution < -0.4 is 10.6 Å². The standard InChI is InChI=1S/C21H23N3O3S/c1-26-20(25)17-8-6-16(7-9-17)14-23-21(24-15-19-5-3-13-28-19)22-11-10-18-4-2-12-27-18/h2-9,12-13H,10-11,14-15H2,1H3,(H2,22,23,24). The smallest absolute Gasteiger partial charge is 0.337 e. The van der Waals surface area contributed by atoms with E-state index in [2.05, 4.69) is 27.1 Å². The zero-order valence-electron chi connectivity index (χ0n) is 15.7. The molecule has 0 aliphatic heterocycles. The molecular formula is C21H23N3O3S. The average Bonchev–Trinajstić information content (AvgIpc) is 3.43. The quantitative estimate of drug-likeness (QED) is 0.345. The fourth-order valence-electron chi connectivity index (χ4n) is 2.55. The number of hydrogen-bond acceptors (Lipinski definition) is 5. The van der Waals surface area contributed by atoms with Gasteiger partial charge in [0.1, 0.15) is 5.76 Å². The van der Waals surface area contributed by atoms with E-state index in [-0.39, 0.29) is 5.97 Å². The zero-order chi connectivity index (χ0) is 19.6. The predicted molar refractivity (Wildman–Crippen MR) is 110 cm³/mol. The van der Waals surface area contributed by atoms with E-state index in [4.69, 9.17) is 9.15 Å². The number of aliphatic imine (C=N–C) groups is 1. The molecule has 0 aliphatic carbocycles. The molecule has 2 heterocycles. The van der Waals surface area contributed by atoms with E-state index >= 15 is 0 Å². The highest BCUT2D eigenvalue weighted by Gasteiger charge is 2.05. The van der Waals surface area contributed by atoms with E-state index in [1.54, 1.807) is 29.7 Å². The van der Waals surface area contributed by atoms with Crippen LogP contribution in [0.25, 0.3) is 0 Å². The third-order valence-corrected chi connectivity index (χ3v) is 4.93. The topological polar surface area (TPSA) is 75.9 Å². The number of ether oxygens (including phenoxy) is 1. The Morgan fingerprint density at radius 3 is 2.68 bits per heavy atom. The van der Waals surface area contributed by atoms with Gasteiger partial charge in [0.25, 0.3) is 0 Å². The SMILES string of the molecule is COC(=O)c1ccc(CN=C(NCCc2ccco2)NCc2cccs2)cc1. The predicted octanol–water partition coefficient (Wildman–Crippen LogP) is 3.61. The molecule has 146 valence electrons. The van der Waals surface area contributed by atoms with E-state index < -0.39 is 0 Å². The number of carbonyl (C=O) groups excluding carboxylic acids is 1. The fourth-order valence-corrected chi connectivity index (χ4v) is 3.20. The van der Waals surface area contributed by atoms with Crippen LogP contribution in [0.3, 0.4) is 0 Å². The Hall–Kier alpha value is -3.06. The van der Waals surface area contributed by atoms with Crippen LogP contribution in [-0.2, 0) is 24.2 Å². The Kier molecular flexibility index (Phi) is 7.26. The maximum atomic E-state index is 11.5. The van der Waals surface area contributed by atoms with Crippen LogP contribution in [-0.4, -0.2) is 25.6 Å². The van der Waals surface area contributed by atoms with Gasteiger partial charge >= 0.3 is 5.97 Å². The molecule has 0 radical (unpaired) electrons. The first-order valence-corrected chi connectivity index (χ1v) is 9.87. The number of hydrogen-bond donors (Lipinski definition) is 2. The van der Waals surface area contributed by atoms with E-state index in [9.17, 15) is 4.79 Å². The number of carbonyl (C=O) groups is 1. The lowest BCUT2D eigenvalue weighted by Gasteiger charge is -2.12. The van der Waals surface area contributed by atoms with E-state index in [1.807, 2.05) is 30.3 Å². The van der Waals surface area contributed by atoms with Crippen molar-refractivity contribution in [2.45, 2.75) is 19.5 Å². The minimum Gasteiger partial charge on any atom is -0.469 e. The molecule has 6 nitrogen and oxygen atoms in total. The summed E-state index contributed by atoms with van der Waals surface area (Å²) in [7, 11) is 1.38. The Morgan fingerprint density at radius 1 is 1.14 bits per heavy atom. The first kappa shape index (κ1) is 19.7. The number of nitrogens with zero attached hydrogens (tertiary/aromatic N) is 1. The molecule has 0 aliphatic rings. The lowest BCUT2D eigenvalue weighted by molar-refractivity contribution is 0.0600. The van der Waals surface area contributed by atoms with E-state index in [0.29, 0.717) is 25.2 Å². The number of benzene rings is 1. The van der Waals surface area contributed by atoms with E-state index in [0.717, 1.165) is 23.7 Å². The average molecular weight is 398 g/mol. The first-order valence-electron chi connectivity index (χ1n) is 8.99. The first-order chi connectivity index (χ1) is 13.7. The number of nitrogens with one attached hydrogen (secondary N) is 2. The van der Waals surface area contributed by atoms with Crippen molar-refractivity contribution >= 4 is 23.3 Å². The molecule has 28 heavy (non-hydrogen) atoms. The molecule has 0 spiro atoms. The third kappa shape index (κ3) is 5.99. The van der Waals surface area contributed by atoms with Crippen LogP contribution in [0.4, 0.5) is 0 Å². The summed E-state index contributed by atoms with van der Waals surface area (Å²) in [5, 5.41) is 8.75. The van der Waals surface area contributed by atoms with Crippen molar-refractivity contribution in [2.75, 3.05) is 13.7 Å². The third-order valence-electron chi connectivity index (χ3n) is 4.05. The van der Waals surface area contributed by atoms with E-state index in [1.165, 1.54) is 12.0 Å². The van der Waals surface area contributed by atoms with Crippen LogP contribution in [0.2, 0.25) is 0 Å². The molecule has 1 aromatic carbocycles. The molecule has 0 unspecified atom stereocenters. The maximum absolute atomic E-state index is 11.5. The second-order valence-electron chi connectivity index (χ2n) is 6.04. The largest absolute Gasteiger partial charge is 0.469 e. The number of guanidine groups is 1. The fraction of sp³-hybridized carbons (Fsp3) is 0.238. The van der Waals surface area contributed by atoms with Gasteiger partial charge in [0.2, 0.25) is 0 Å². The summed E-state index contributed by atoms with van der Waals surface area (Å²) in [5.41, 5.74) is 1.54. The normalized spacial score (nSPS) is 11.2. The maximum Gasteiger partial charge on any atom is 0.337 e. The second-order valence-corrected chi connectivity index (χ2v) is 7.07. The minimum atomic E-state index is -0.340. The molecular weight excluding hydrogens is 374 g/mol. The Morgan fingerprint density at radius 2 is 2.00 bits per heavy atom. The van der Waals surface area contributed by atoms with Crippen LogP contribution >= 0.6 is 11.3 Å². The van der Waals surface area contributed by atoms with Gasteiger partial charge in [-0.1, -0.05) is 18.2 Å². The van der Waals surface area contributed by atoms with Gasteiger partial charge in [-0.15, -0.1) is 11.3 Å². The summed E-state index contributed by atoms with van der Waals surface area (Å²) < 4.78 is 10.1. The van der Waals surface area contributed by atoms with Crippen molar-refractivity contribution in [3.63, 3.8) is 0 Å². The van der Waals surface area contributed by atoms with Crippen molar-refractivity contribution in [1.82, 2.24) is 10.6 Å². The number of rotatable bonds is 8. The summed E-state index contributed by atoms with van der Waals surface area (Å²) in [6, 6.07) is 15.2. The van der Waals surface area contributed by atoms with Crippen molar-refractivity contribution in [2.24, 2.45) is 4.99 Å². The highest BCUT2D eigenvalue weighted by molar-refractivity contribution is 7.09.